The van der Waals surface area contributed by atoms with E-state index in [1.165, 1.54) is 0 Å². The number of hydrogen-bond acceptors (Lipinski definition) is 3. The van der Waals surface area contributed by atoms with Crippen molar-refractivity contribution in [2.24, 2.45) is 5.92 Å². The van der Waals surface area contributed by atoms with E-state index in [-0.39, 0.29) is 11.9 Å². The Hall–Kier alpha value is -0.910. The Kier molecular flexibility index (Phi) is 6.93. The third-order valence-corrected chi connectivity index (χ3v) is 3.88. The highest BCUT2D eigenvalue weighted by Crippen LogP contribution is 2.17. The summed E-state index contributed by atoms with van der Waals surface area (Å²) in [6, 6.07) is -0.0528. The smallest absolute Gasteiger partial charge is 0.317 e. The number of carboxylic acids is 1. The molecule has 0 saturated carbocycles. The molecule has 0 aromatic heterocycles. The van der Waals surface area contributed by atoms with Crippen LogP contribution in [0.4, 0.5) is 4.79 Å². The van der Waals surface area contributed by atoms with Crippen LogP contribution in [-0.4, -0.2) is 53.6 Å². The quantitative estimate of drug-likeness (QED) is 0.722. The van der Waals surface area contributed by atoms with Gasteiger partial charge in [-0.3, -0.25) is 4.79 Å². The number of aliphatic carboxylic acids is 1. The summed E-state index contributed by atoms with van der Waals surface area (Å²) in [4.78, 5) is 24.3. The van der Waals surface area contributed by atoms with E-state index in [0.29, 0.717) is 32.5 Å². The van der Waals surface area contributed by atoms with Crippen molar-refractivity contribution < 1.29 is 14.7 Å². The molecule has 6 heteroatoms. The maximum atomic E-state index is 11.8. The number of unbranched alkanes of at least 4 members (excludes halogenated alkanes) is 1. The fourth-order valence-electron chi connectivity index (χ4n) is 2.01. The monoisotopic (exact) mass is 274 g/mol. The van der Waals surface area contributed by atoms with Crippen molar-refractivity contribution in [3.63, 3.8) is 0 Å². The lowest BCUT2D eigenvalue weighted by Crippen LogP contribution is -2.45. The van der Waals surface area contributed by atoms with Crippen LogP contribution in [0.1, 0.15) is 25.7 Å². The van der Waals surface area contributed by atoms with Gasteiger partial charge in [-0.15, -0.1) is 0 Å². The molecule has 0 aliphatic carbocycles. The number of carbonyl (C=O) groups excluding carboxylic acids is 1. The first-order valence-electron chi connectivity index (χ1n) is 6.39. The highest BCUT2D eigenvalue weighted by Gasteiger charge is 2.26. The van der Waals surface area contributed by atoms with Gasteiger partial charge in [0.2, 0.25) is 0 Å². The van der Waals surface area contributed by atoms with Gasteiger partial charge in [0, 0.05) is 19.6 Å². The second kappa shape index (κ2) is 8.24. The van der Waals surface area contributed by atoms with E-state index < -0.39 is 5.97 Å². The van der Waals surface area contributed by atoms with Crippen LogP contribution in [0.3, 0.4) is 0 Å². The van der Waals surface area contributed by atoms with E-state index in [4.69, 9.17) is 5.11 Å². The maximum Gasteiger partial charge on any atom is 0.317 e. The zero-order chi connectivity index (χ0) is 13.4. The molecule has 0 bridgehead atoms. The minimum Gasteiger partial charge on any atom is -0.481 e. The van der Waals surface area contributed by atoms with Crippen LogP contribution in [-0.2, 0) is 4.79 Å². The second-order valence-corrected chi connectivity index (χ2v) is 5.52. The van der Waals surface area contributed by atoms with Crippen LogP contribution >= 0.6 is 11.8 Å². The van der Waals surface area contributed by atoms with Crippen LogP contribution in [0.5, 0.6) is 0 Å². The molecule has 1 saturated heterocycles. The largest absolute Gasteiger partial charge is 0.481 e. The zero-order valence-corrected chi connectivity index (χ0v) is 11.7. The fraction of sp³-hybridized carbons (Fsp3) is 0.833. The van der Waals surface area contributed by atoms with E-state index in [1.54, 1.807) is 4.90 Å². The summed E-state index contributed by atoms with van der Waals surface area (Å²) in [5.41, 5.74) is 0. The van der Waals surface area contributed by atoms with Crippen molar-refractivity contribution in [3.8, 4) is 0 Å². The first kappa shape index (κ1) is 15.1. The van der Waals surface area contributed by atoms with Crippen LogP contribution in [0.2, 0.25) is 0 Å². The Bertz CT molecular complexity index is 278. The molecule has 0 radical (unpaired) electrons. The van der Waals surface area contributed by atoms with E-state index in [1.807, 2.05) is 11.8 Å². The third kappa shape index (κ3) is 5.16. The number of piperidine rings is 1. The molecular weight excluding hydrogens is 252 g/mol. The molecule has 1 aliphatic rings. The van der Waals surface area contributed by atoms with E-state index in [9.17, 15) is 9.59 Å². The molecule has 0 spiro atoms. The van der Waals surface area contributed by atoms with Crippen molar-refractivity contribution in [1.29, 1.82) is 0 Å². The molecule has 2 N–H and O–H groups in total. The number of rotatable bonds is 6. The molecule has 104 valence electrons. The van der Waals surface area contributed by atoms with Gasteiger partial charge in [0.05, 0.1) is 5.92 Å². The fourth-order valence-corrected chi connectivity index (χ4v) is 2.50. The predicted octanol–water partition coefficient (Wildman–Crippen LogP) is 1.64. The molecule has 1 heterocycles. The highest BCUT2D eigenvalue weighted by atomic mass is 32.2. The lowest BCUT2D eigenvalue weighted by molar-refractivity contribution is -0.143. The van der Waals surface area contributed by atoms with Crippen molar-refractivity contribution in [2.75, 3.05) is 31.6 Å². The highest BCUT2D eigenvalue weighted by molar-refractivity contribution is 7.98. The van der Waals surface area contributed by atoms with Gasteiger partial charge in [-0.2, -0.15) is 11.8 Å². The van der Waals surface area contributed by atoms with Crippen LogP contribution in [0.15, 0.2) is 0 Å². The van der Waals surface area contributed by atoms with Gasteiger partial charge in [0.1, 0.15) is 0 Å². The van der Waals surface area contributed by atoms with Gasteiger partial charge < -0.3 is 15.3 Å². The summed E-state index contributed by atoms with van der Waals surface area (Å²) in [6.07, 6.45) is 5.32. The third-order valence-electron chi connectivity index (χ3n) is 3.18. The Labute approximate surface area is 112 Å². The number of amides is 2. The summed E-state index contributed by atoms with van der Waals surface area (Å²) in [5, 5.41) is 11.8. The average molecular weight is 274 g/mol. The standard InChI is InChI=1S/C12H22N2O3S/c1-18-9-3-2-6-13-12(17)14-7-4-10(5-8-14)11(15)16/h10H,2-9H2,1H3,(H,13,17)(H,15,16). The van der Waals surface area contributed by atoms with Crippen molar-refractivity contribution in [2.45, 2.75) is 25.7 Å². The molecule has 1 rings (SSSR count). The Morgan fingerprint density at radius 2 is 2.00 bits per heavy atom. The SMILES string of the molecule is CSCCCCNC(=O)N1CCC(C(=O)O)CC1. The Balaban J connectivity index is 2.14. The number of likely N-dealkylation sites (tertiary alicyclic amines) is 1. The topological polar surface area (TPSA) is 69.6 Å². The lowest BCUT2D eigenvalue weighted by Gasteiger charge is -2.30. The van der Waals surface area contributed by atoms with Gasteiger partial charge in [0.25, 0.3) is 0 Å². The summed E-state index contributed by atoms with van der Waals surface area (Å²) in [5.74, 6) is 0.0996. The Morgan fingerprint density at radius 3 is 2.56 bits per heavy atom. The van der Waals surface area contributed by atoms with Gasteiger partial charge in [0.15, 0.2) is 0 Å². The lowest BCUT2D eigenvalue weighted by atomic mass is 9.97. The van der Waals surface area contributed by atoms with Crippen LogP contribution in [0, 0.1) is 5.92 Å². The number of hydrogen-bond donors (Lipinski definition) is 2. The number of nitrogens with one attached hydrogen (secondary N) is 1. The van der Waals surface area contributed by atoms with Crippen LogP contribution < -0.4 is 5.32 Å². The van der Waals surface area contributed by atoms with E-state index in [0.717, 1.165) is 18.6 Å². The van der Waals surface area contributed by atoms with Crippen molar-refractivity contribution >= 4 is 23.8 Å². The molecule has 2 amide bonds. The van der Waals surface area contributed by atoms with Gasteiger partial charge in [-0.25, -0.2) is 4.79 Å². The molecule has 0 unspecified atom stereocenters. The molecule has 1 aliphatic heterocycles. The van der Waals surface area contributed by atoms with Gasteiger partial charge in [-0.05, 0) is 37.7 Å². The maximum absolute atomic E-state index is 11.8. The Morgan fingerprint density at radius 1 is 1.33 bits per heavy atom. The predicted molar refractivity (Wildman–Crippen MR) is 72.9 cm³/mol. The first-order valence-corrected chi connectivity index (χ1v) is 7.79. The van der Waals surface area contributed by atoms with Crippen molar-refractivity contribution in [1.82, 2.24) is 10.2 Å². The molecule has 0 aromatic carbocycles. The first-order chi connectivity index (χ1) is 8.65. The number of thioether (sulfide) groups is 1. The normalized spacial score (nSPS) is 16.6. The van der Waals surface area contributed by atoms with E-state index >= 15 is 0 Å². The second-order valence-electron chi connectivity index (χ2n) is 4.53. The summed E-state index contributed by atoms with van der Waals surface area (Å²) in [7, 11) is 0. The zero-order valence-electron chi connectivity index (χ0n) is 10.9. The number of urea groups is 1. The molecule has 0 atom stereocenters. The average Bonchev–Trinajstić information content (AvgIpc) is 2.38. The van der Waals surface area contributed by atoms with E-state index in [2.05, 4.69) is 11.6 Å². The molecule has 5 nitrogen and oxygen atoms in total. The summed E-state index contributed by atoms with van der Waals surface area (Å²) in [6.45, 7) is 1.81. The molecule has 18 heavy (non-hydrogen) atoms. The van der Waals surface area contributed by atoms with Crippen molar-refractivity contribution in [3.05, 3.63) is 0 Å². The minimum atomic E-state index is -0.743. The van der Waals surface area contributed by atoms with Crippen LogP contribution in [0.25, 0.3) is 0 Å². The number of carboxylic acid groups (broad SMARTS) is 1. The molecule has 1 fully saturated rings. The molecular formula is C12H22N2O3S. The summed E-state index contributed by atoms with van der Waals surface area (Å²) < 4.78 is 0. The molecule has 0 aromatic rings. The summed E-state index contributed by atoms with van der Waals surface area (Å²) >= 11 is 1.81. The number of nitrogens with zero attached hydrogens (tertiary/aromatic N) is 1. The van der Waals surface area contributed by atoms with Gasteiger partial charge >= 0.3 is 12.0 Å². The van der Waals surface area contributed by atoms with Gasteiger partial charge in [-0.1, -0.05) is 0 Å². The number of carbonyl (C=O) groups is 2. The minimum absolute atomic E-state index is 0.0528.